The molecule has 3 rings (SSSR count). The zero-order valence-electron chi connectivity index (χ0n) is 15.4. The van der Waals surface area contributed by atoms with E-state index in [1.807, 2.05) is 13.8 Å². The number of piperazine rings is 1. The van der Waals surface area contributed by atoms with E-state index in [-0.39, 0.29) is 24.3 Å². The lowest BCUT2D eigenvalue weighted by atomic mass is 10.0. The number of carbonyl (C=O) groups is 3. The first-order chi connectivity index (χ1) is 12.3. The van der Waals surface area contributed by atoms with Gasteiger partial charge in [0.1, 0.15) is 0 Å². The Hall–Kier alpha value is -2.37. The summed E-state index contributed by atoms with van der Waals surface area (Å²) in [6.07, 6.45) is 1.55. The zero-order valence-corrected chi connectivity index (χ0v) is 15.4. The Bertz CT molecular complexity index is 710. The summed E-state index contributed by atoms with van der Waals surface area (Å²) < 4.78 is 0. The second-order valence-corrected chi connectivity index (χ2v) is 7.62. The average Bonchev–Trinajstić information content (AvgIpc) is 3.05. The van der Waals surface area contributed by atoms with Gasteiger partial charge in [0.05, 0.1) is 12.5 Å². The van der Waals surface area contributed by atoms with Gasteiger partial charge in [-0.05, 0) is 38.7 Å². The molecular formula is C20H26N2O4. The second-order valence-electron chi connectivity index (χ2n) is 7.62. The molecule has 0 unspecified atom stereocenters. The number of carbonyl (C=O) groups excluding carboxylic acids is 2. The van der Waals surface area contributed by atoms with Crippen LogP contribution >= 0.6 is 0 Å². The highest BCUT2D eigenvalue weighted by Crippen LogP contribution is 2.32. The monoisotopic (exact) mass is 358 g/mol. The molecule has 0 bridgehead atoms. The highest BCUT2D eigenvalue weighted by Gasteiger charge is 2.37. The molecule has 1 N–H and O–H groups in total. The van der Waals surface area contributed by atoms with E-state index in [1.165, 1.54) is 11.1 Å². The predicted octanol–water partition coefficient (Wildman–Crippen LogP) is 1.98. The Balaban J connectivity index is 1.57. The number of aryl methyl sites for hydroxylation is 2. The number of rotatable bonds is 4. The van der Waals surface area contributed by atoms with Crippen LogP contribution in [0.5, 0.6) is 0 Å². The molecule has 1 heterocycles. The van der Waals surface area contributed by atoms with Gasteiger partial charge in [0.25, 0.3) is 0 Å². The van der Waals surface area contributed by atoms with Gasteiger partial charge in [0, 0.05) is 25.6 Å². The molecule has 2 atom stereocenters. The minimum atomic E-state index is -0.824. The molecule has 26 heavy (non-hydrogen) atoms. The number of amides is 2. The summed E-state index contributed by atoms with van der Waals surface area (Å²) in [5, 5.41) is 9.09. The van der Waals surface area contributed by atoms with Crippen LogP contribution in [0, 0.1) is 25.7 Å². The van der Waals surface area contributed by atoms with Gasteiger partial charge in [-0.3, -0.25) is 14.4 Å². The van der Waals surface area contributed by atoms with Crippen LogP contribution in [0.2, 0.25) is 0 Å². The summed E-state index contributed by atoms with van der Waals surface area (Å²) in [6.45, 7) is 5.78. The molecule has 2 fully saturated rings. The van der Waals surface area contributed by atoms with Crippen molar-refractivity contribution in [2.24, 2.45) is 11.8 Å². The number of benzene rings is 1. The number of carboxylic acids is 1. The number of carboxylic acid groups (broad SMARTS) is 1. The fourth-order valence-corrected chi connectivity index (χ4v) is 4.13. The van der Waals surface area contributed by atoms with Crippen LogP contribution in [0.4, 0.5) is 0 Å². The smallest absolute Gasteiger partial charge is 0.306 e. The summed E-state index contributed by atoms with van der Waals surface area (Å²) in [5.41, 5.74) is 3.46. The fraction of sp³-hybridized carbons (Fsp3) is 0.550. The largest absolute Gasteiger partial charge is 0.481 e. The zero-order chi connectivity index (χ0) is 18.8. The van der Waals surface area contributed by atoms with Crippen molar-refractivity contribution in [3.05, 3.63) is 34.9 Å². The van der Waals surface area contributed by atoms with Crippen LogP contribution in [0.15, 0.2) is 18.2 Å². The first-order valence-electron chi connectivity index (χ1n) is 9.20. The van der Waals surface area contributed by atoms with E-state index in [9.17, 15) is 14.4 Å². The molecule has 6 nitrogen and oxygen atoms in total. The minimum absolute atomic E-state index is 0.0449. The molecule has 1 aliphatic heterocycles. The van der Waals surface area contributed by atoms with Gasteiger partial charge in [-0.2, -0.15) is 0 Å². The summed E-state index contributed by atoms with van der Waals surface area (Å²) in [5.74, 6) is -1.61. The number of hydrogen-bond acceptors (Lipinski definition) is 3. The van der Waals surface area contributed by atoms with E-state index in [2.05, 4.69) is 18.2 Å². The van der Waals surface area contributed by atoms with Crippen LogP contribution in [0.1, 0.15) is 36.0 Å². The first-order valence-corrected chi connectivity index (χ1v) is 9.20. The van der Waals surface area contributed by atoms with Gasteiger partial charge in [-0.1, -0.05) is 29.3 Å². The lowest BCUT2D eigenvalue weighted by molar-refractivity contribution is -0.148. The molecule has 0 spiro atoms. The quantitative estimate of drug-likeness (QED) is 0.893. The molecule has 2 amide bonds. The number of nitrogens with zero attached hydrogens (tertiary/aromatic N) is 2. The maximum absolute atomic E-state index is 12.6. The van der Waals surface area contributed by atoms with Crippen LogP contribution in [-0.4, -0.2) is 52.3 Å². The Kier molecular flexibility index (Phi) is 5.30. The van der Waals surface area contributed by atoms with E-state index in [0.717, 1.165) is 5.56 Å². The van der Waals surface area contributed by atoms with Crippen molar-refractivity contribution in [2.75, 3.05) is 19.6 Å². The molecule has 1 saturated heterocycles. The summed E-state index contributed by atoms with van der Waals surface area (Å²) >= 11 is 0. The third kappa shape index (κ3) is 4.06. The van der Waals surface area contributed by atoms with Crippen LogP contribution in [0.25, 0.3) is 0 Å². The SMILES string of the molecule is Cc1cc(C)cc(CN2CCN(C(=O)[C@@H]3CC[C@H](C(=O)O)C3)CC2=O)c1. The summed E-state index contributed by atoms with van der Waals surface area (Å²) in [6, 6.07) is 6.28. The molecule has 0 aromatic heterocycles. The minimum Gasteiger partial charge on any atom is -0.481 e. The van der Waals surface area contributed by atoms with E-state index in [4.69, 9.17) is 5.11 Å². The van der Waals surface area contributed by atoms with E-state index >= 15 is 0 Å². The third-order valence-electron chi connectivity index (χ3n) is 5.42. The maximum atomic E-state index is 12.6. The second kappa shape index (κ2) is 7.48. The van der Waals surface area contributed by atoms with Gasteiger partial charge in [-0.15, -0.1) is 0 Å². The van der Waals surface area contributed by atoms with Crippen molar-refractivity contribution < 1.29 is 19.5 Å². The Labute approximate surface area is 153 Å². The van der Waals surface area contributed by atoms with Crippen molar-refractivity contribution in [3.63, 3.8) is 0 Å². The third-order valence-corrected chi connectivity index (χ3v) is 5.42. The predicted molar refractivity (Wildman–Crippen MR) is 96.4 cm³/mol. The Morgan fingerprint density at radius 2 is 1.73 bits per heavy atom. The van der Waals surface area contributed by atoms with E-state index in [1.54, 1.807) is 9.80 Å². The van der Waals surface area contributed by atoms with Crippen molar-refractivity contribution in [1.82, 2.24) is 9.80 Å². The van der Waals surface area contributed by atoms with E-state index in [0.29, 0.717) is 38.9 Å². The van der Waals surface area contributed by atoms with Gasteiger partial charge in [-0.25, -0.2) is 0 Å². The maximum Gasteiger partial charge on any atom is 0.306 e. The Morgan fingerprint density at radius 3 is 2.31 bits per heavy atom. The molecular weight excluding hydrogens is 332 g/mol. The van der Waals surface area contributed by atoms with Crippen molar-refractivity contribution in [1.29, 1.82) is 0 Å². The van der Waals surface area contributed by atoms with E-state index < -0.39 is 11.9 Å². The highest BCUT2D eigenvalue weighted by atomic mass is 16.4. The number of hydrogen-bond donors (Lipinski definition) is 1. The van der Waals surface area contributed by atoms with Crippen LogP contribution in [-0.2, 0) is 20.9 Å². The normalized spacial score (nSPS) is 23.4. The average molecular weight is 358 g/mol. The first kappa shape index (κ1) is 18.4. The molecule has 1 aromatic rings. The fourth-order valence-electron chi connectivity index (χ4n) is 4.13. The van der Waals surface area contributed by atoms with Gasteiger partial charge in [0.15, 0.2) is 0 Å². The van der Waals surface area contributed by atoms with Crippen LogP contribution < -0.4 is 0 Å². The molecule has 6 heteroatoms. The molecule has 1 aromatic carbocycles. The van der Waals surface area contributed by atoms with Crippen LogP contribution in [0.3, 0.4) is 0 Å². The topological polar surface area (TPSA) is 77.9 Å². The van der Waals surface area contributed by atoms with Crippen molar-refractivity contribution in [3.8, 4) is 0 Å². The highest BCUT2D eigenvalue weighted by molar-refractivity contribution is 5.87. The Morgan fingerprint density at radius 1 is 1.08 bits per heavy atom. The molecule has 0 radical (unpaired) electrons. The van der Waals surface area contributed by atoms with Crippen molar-refractivity contribution in [2.45, 2.75) is 39.7 Å². The molecule has 2 aliphatic rings. The summed E-state index contributed by atoms with van der Waals surface area (Å²) in [7, 11) is 0. The molecule has 1 aliphatic carbocycles. The van der Waals surface area contributed by atoms with Gasteiger partial charge < -0.3 is 14.9 Å². The molecule has 1 saturated carbocycles. The van der Waals surface area contributed by atoms with Gasteiger partial charge in [0.2, 0.25) is 11.8 Å². The summed E-state index contributed by atoms with van der Waals surface area (Å²) in [4.78, 5) is 39.6. The number of aliphatic carboxylic acids is 1. The lowest BCUT2D eigenvalue weighted by Gasteiger charge is -2.35. The van der Waals surface area contributed by atoms with Crippen molar-refractivity contribution >= 4 is 17.8 Å². The standard InChI is InChI=1S/C20H26N2O4/c1-13-7-14(2)9-15(8-13)11-21-5-6-22(12-18(21)23)19(24)16-3-4-17(10-16)20(25)26/h7-9,16-17H,3-6,10-12H2,1-2H3,(H,25,26)/t16-,17+/m1/s1. The van der Waals surface area contributed by atoms with Gasteiger partial charge >= 0.3 is 5.97 Å². The molecule has 140 valence electrons. The lowest BCUT2D eigenvalue weighted by Crippen LogP contribution is -2.53.